The Morgan fingerprint density at radius 2 is 1.65 bits per heavy atom. The molecule has 0 spiro atoms. The Morgan fingerprint density at radius 3 is 2.50 bits per heavy atom. The van der Waals surface area contributed by atoms with E-state index in [-0.39, 0.29) is 17.7 Å². The lowest BCUT2D eigenvalue weighted by atomic mass is 10.0. The van der Waals surface area contributed by atoms with Crippen LogP contribution in [-0.4, -0.2) is 16.0 Å². The van der Waals surface area contributed by atoms with E-state index in [4.69, 9.17) is 16.3 Å². The summed E-state index contributed by atoms with van der Waals surface area (Å²) >= 11 is 6.89. The molecule has 0 N–H and O–H groups in total. The number of halogens is 1. The summed E-state index contributed by atoms with van der Waals surface area (Å²) in [6, 6.07) is 28.8. The summed E-state index contributed by atoms with van der Waals surface area (Å²) in [5.74, 6) is 0.397. The maximum absolute atomic E-state index is 13.1. The molecule has 0 bridgehead atoms. The SMILES string of the molecule is O=C1S/C(=C/c2cccc(OCc3ccc(Cl)cc3)c2)C(=O)N1Cc1cccc2ccccc12. The monoisotopic (exact) mass is 485 g/mol. The Kier molecular flexibility index (Phi) is 6.39. The maximum atomic E-state index is 13.1. The van der Waals surface area contributed by atoms with Gasteiger partial charge in [-0.05, 0) is 69.6 Å². The van der Waals surface area contributed by atoms with Gasteiger partial charge < -0.3 is 4.74 Å². The molecule has 6 heteroatoms. The first-order valence-corrected chi connectivity index (χ1v) is 12.0. The Hall–Kier alpha value is -3.54. The molecule has 2 amide bonds. The highest BCUT2D eigenvalue weighted by Crippen LogP contribution is 2.34. The molecule has 0 aromatic heterocycles. The lowest BCUT2D eigenvalue weighted by Gasteiger charge is -2.14. The second-order valence-electron chi connectivity index (χ2n) is 7.89. The number of thioether (sulfide) groups is 1. The van der Waals surface area contributed by atoms with E-state index in [0.29, 0.717) is 22.3 Å². The number of carbonyl (C=O) groups excluding carboxylic acids is 2. The molecular formula is C28H20ClNO3S. The molecule has 1 heterocycles. The van der Waals surface area contributed by atoms with Crippen LogP contribution in [0.4, 0.5) is 4.79 Å². The summed E-state index contributed by atoms with van der Waals surface area (Å²) in [7, 11) is 0. The second kappa shape index (κ2) is 9.75. The van der Waals surface area contributed by atoms with Gasteiger partial charge in [0.2, 0.25) is 0 Å². The van der Waals surface area contributed by atoms with E-state index in [2.05, 4.69) is 0 Å². The third kappa shape index (κ3) is 4.86. The molecule has 0 unspecified atom stereocenters. The molecule has 0 saturated carbocycles. The maximum Gasteiger partial charge on any atom is 0.293 e. The van der Waals surface area contributed by atoms with E-state index in [0.717, 1.165) is 39.2 Å². The predicted molar refractivity (Wildman–Crippen MR) is 138 cm³/mol. The van der Waals surface area contributed by atoms with E-state index < -0.39 is 0 Å². The van der Waals surface area contributed by atoms with Gasteiger partial charge in [0.05, 0.1) is 11.4 Å². The van der Waals surface area contributed by atoms with Gasteiger partial charge in [0, 0.05) is 5.02 Å². The van der Waals surface area contributed by atoms with Gasteiger partial charge in [0.25, 0.3) is 11.1 Å². The van der Waals surface area contributed by atoms with Gasteiger partial charge in [-0.3, -0.25) is 14.5 Å². The fourth-order valence-electron chi connectivity index (χ4n) is 3.83. The number of ether oxygens (including phenoxy) is 1. The Morgan fingerprint density at radius 1 is 0.882 bits per heavy atom. The fourth-order valence-corrected chi connectivity index (χ4v) is 4.79. The smallest absolute Gasteiger partial charge is 0.293 e. The molecule has 0 atom stereocenters. The van der Waals surface area contributed by atoms with Crippen molar-refractivity contribution in [2.75, 3.05) is 0 Å². The normalized spacial score (nSPS) is 14.9. The zero-order valence-electron chi connectivity index (χ0n) is 18.1. The third-order valence-electron chi connectivity index (χ3n) is 5.56. The van der Waals surface area contributed by atoms with Crippen molar-refractivity contribution in [3.63, 3.8) is 0 Å². The summed E-state index contributed by atoms with van der Waals surface area (Å²) in [5, 5.41) is 2.54. The van der Waals surface area contributed by atoms with Gasteiger partial charge in [-0.15, -0.1) is 0 Å². The van der Waals surface area contributed by atoms with Crippen molar-refractivity contribution in [1.29, 1.82) is 0 Å². The molecule has 1 aliphatic heterocycles. The van der Waals surface area contributed by atoms with Crippen molar-refractivity contribution in [3.05, 3.63) is 118 Å². The van der Waals surface area contributed by atoms with Crippen LogP contribution in [0.1, 0.15) is 16.7 Å². The molecule has 1 fully saturated rings. The summed E-state index contributed by atoms with van der Waals surface area (Å²) in [5.41, 5.74) is 2.74. The number of fused-ring (bicyclic) bond motifs is 1. The number of hydrogen-bond donors (Lipinski definition) is 0. The van der Waals surface area contributed by atoms with Crippen LogP contribution in [0.15, 0.2) is 95.9 Å². The largest absolute Gasteiger partial charge is 0.489 e. The topological polar surface area (TPSA) is 46.6 Å². The second-order valence-corrected chi connectivity index (χ2v) is 9.32. The van der Waals surface area contributed by atoms with Crippen molar-refractivity contribution in [3.8, 4) is 5.75 Å². The molecule has 4 nitrogen and oxygen atoms in total. The van der Waals surface area contributed by atoms with Gasteiger partial charge in [0.1, 0.15) is 12.4 Å². The van der Waals surface area contributed by atoms with E-state index in [9.17, 15) is 9.59 Å². The van der Waals surface area contributed by atoms with Crippen molar-refractivity contribution in [1.82, 2.24) is 4.90 Å². The number of benzene rings is 4. The highest BCUT2D eigenvalue weighted by molar-refractivity contribution is 8.18. The first-order chi connectivity index (χ1) is 16.6. The van der Waals surface area contributed by atoms with Gasteiger partial charge in [0.15, 0.2) is 0 Å². The predicted octanol–water partition coefficient (Wildman–Crippen LogP) is 7.31. The van der Waals surface area contributed by atoms with Gasteiger partial charge in [-0.25, -0.2) is 0 Å². The van der Waals surface area contributed by atoms with Crippen molar-refractivity contribution in [2.24, 2.45) is 0 Å². The molecule has 1 saturated heterocycles. The first-order valence-electron chi connectivity index (χ1n) is 10.8. The molecule has 4 aromatic rings. The third-order valence-corrected chi connectivity index (χ3v) is 6.72. The zero-order chi connectivity index (χ0) is 23.5. The van der Waals surface area contributed by atoms with Gasteiger partial charge in [-0.1, -0.05) is 78.3 Å². The van der Waals surface area contributed by atoms with Crippen molar-refractivity contribution in [2.45, 2.75) is 13.2 Å². The van der Waals surface area contributed by atoms with Crippen LogP contribution in [0.2, 0.25) is 5.02 Å². The molecule has 4 aromatic carbocycles. The Bertz CT molecular complexity index is 1410. The molecule has 5 rings (SSSR count). The highest BCUT2D eigenvalue weighted by Gasteiger charge is 2.35. The van der Waals surface area contributed by atoms with E-state index in [1.165, 1.54) is 4.90 Å². The van der Waals surface area contributed by atoms with E-state index >= 15 is 0 Å². The summed E-state index contributed by atoms with van der Waals surface area (Å²) < 4.78 is 5.88. The lowest BCUT2D eigenvalue weighted by molar-refractivity contribution is -0.123. The minimum Gasteiger partial charge on any atom is -0.489 e. The van der Waals surface area contributed by atoms with Crippen LogP contribution < -0.4 is 4.74 Å². The molecule has 0 aliphatic carbocycles. The zero-order valence-corrected chi connectivity index (χ0v) is 19.7. The summed E-state index contributed by atoms with van der Waals surface area (Å²) in [4.78, 5) is 27.4. The molecular weight excluding hydrogens is 466 g/mol. The number of imide groups is 1. The average Bonchev–Trinajstić information content (AvgIpc) is 3.11. The van der Waals surface area contributed by atoms with Gasteiger partial charge >= 0.3 is 0 Å². The minimum absolute atomic E-state index is 0.244. The van der Waals surface area contributed by atoms with Gasteiger partial charge in [-0.2, -0.15) is 0 Å². The van der Waals surface area contributed by atoms with Crippen LogP contribution in [0.5, 0.6) is 5.75 Å². The lowest BCUT2D eigenvalue weighted by Crippen LogP contribution is -2.27. The standard InChI is InChI=1S/C28H20ClNO3S/c29-23-13-11-19(12-14-23)18-33-24-9-3-5-20(15-24)16-26-27(31)30(28(32)34-26)17-22-8-4-7-21-6-1-2-10-25(21)22/h1-16H,17-18H2/b26-16+. The number of hydrogen-bond acceptors (Lipinski definition) is 4. The quantitative estimate of drug-likeness (QED) is 0.269. The number of carbonyl (C=O) groups is 2. The van der Waals surface area contributed by atoms with E-state index in [1.54, 1.807) is 6.08 Å². The highest BCUT2D eigenvalue weighted by atomic mass is 35.5. The number of rotatable bonds is 6. The van der Waals surface area contributed by atoms with Crippen LogP contribution >= 0.6 is 23.4 Å². The average molecular weight is 486 g/mol. The minimum atomic E-state index is -0.282. The summed E-state index contributed by atoms with van der Waals surface area (Å²) in [6.07, 6.45) is 1.74. The Labute approximate surface area is 206 Å². The first kappa shape index (κ1) is 22.3. The Balaban J connectivity index is 1.31. The van der Waals surface area contributed by atoms with Crippen LogP contribution in [0, 0.1) is 0 Å². The molecule has 34 heavy (non-hydrogen) atoms. The number of nitrogens with zero attached hydrogens (tertiary/aromatic N) is 1. The van der Waals surface area contributed by atoms with Crippen LogP contribution in [-0.2, 0) is 17.9 Å². The fraction of sp³-hybridized carbons (Fsp3) is 0.0714. The van der Waals surface area contributed by atoms with Crippen molar-refractivity contribution >= 4 is 51.4 Å². The molecule has 1 aliphatic rings. The van der Waals surface area contributed by atoms with E-state index in [1.807, 2.05) is 91.0 Å². The van der Waals surface area contributed by atoms with Crippen LogP contribution in [0.25, 0.3) is 16.8 Å². The summed E-state index contributed by atoms with van der Waals surface area (Å²) in [6.45, 7) is 0.649. The van der Waals surface area contributed by atoms with Crippen LogP contribution in [0.3, 0.4) is 0 Å². The van der Waals surface area contributed by atoms with Crippen molar-refractivity contribution < 1.29 is 14.3 Å². The molecule has 168 valence electrons. The molecule has 0 radical (unpaired) electrons. The number of amides is 2.